The molecule has 0 saturated carbocycles. The summed E-state index contributed by atoms with van der Waals surface area (Å²) in [5, 5.41) is 12.0. The zero-order chi connectivity index (χ0) is 25.4. The first-order valence-electron chi connectivity index (χ1n) is 9.98. The van der Waals surface area contributed by atoms with Gasteiger partial charge in [-0.2, -0.15) is 17.5 Å². The number of benzene rings is 1. The van der Waals surface area contributed by atoms with Crippen molar-refractivity contribution in [3.05, 3.63) is 53.2 Å². The Labute approximate surface area is 197 Å². The van der Waals surface area contributed by atoms with Gasteiger partial charge in [0.05, 0.1) is 0 Å². The first kappa shape index (κ1) is 27.7. The minimum Gasteiger partial charge on any atom is -0.475 e. The second kappa shape index (κ2) is 12.2. The van der Waals surface area contributed by atoms with Gasteiger partial charge in [0.15, 0.2) is 0 Å². The third-order valence-corrected chi connectivity index (χ3v) is 7.87. The number of hydrogen-bond acceptors (Lipinski definition) is 6. The lowest BCUT2D eigenvalue weighted by molar-refractivity contribution is -0.192. The Bertz CT molecular complexity index is 1040. The van der Waals surface area contributed by atoms with E-state index in [1.807, 2.05) is 0 Å². The molecule has 8 nitrogen and oxygen atoms in total. The van der Waals surface area contributed by atoms with E-state index in [0.717, 1.165) is 24.4 Å². The second-order valence-electron chi connectivity index (χ2n) is 7.08. The molecule has 0 bridgehead atoms. The number of sulfonamides is 1. The number of carboxylic acid groups (broad SMARTS) is 1. The molecule has 0 spiro atoms. The monoisotopic (exact) mass is 525 g/mol. The number of carbonyl (C=O) groups is 2. The van der Waals surface area contributed by atoms with E-state index in [2.05, 4.69) is 5.32 Å². The van der Waals surface area contributed by atoms with Gasteiger partial charge in [0, 0.05) is 45.7 Å². The Hall–Kier alpha value is -2.55. The highest BCUT2D eigenvalue weighted by atomic mass is 32.2. The molecule has 2 N–H and O–H groups in total. The molecule has 0 atom stereocenters. The molecule has 1 aliphatic heterocycles. The van der Waals surface area contributed by atoms with E-state index in [0.29, 0.717) is 18.7 Å². The van der Waals surface area contributed by atoms with E-state index in [1.54, 1.807) is 34.5 Å². The SMILES string of the molecule is O=C(CCN(Cc1ccc(F)cc1)S(=O)(=O)c1cccs1)N1CCNCC1.O=C(O)C(F)(F)F. The third kappa shape index (κ3) is 8.34. The lowest BCUT2D eigenvalue weighted by Crippen LogP contribution is -2.47. The van der Waals surface area contributed by atoms with Crippen molar-refractivity contribution in [2.45, 2.75) is 23.4 Å². The molecule has 2 heterocycles. The van der Waals surface area contributed by atoms with Crippen molar-refractivity contribution in [3.8, 4) is 0 Å². The topological polar surface area (TPSA) is 107 Å². The number of thiophene rings is 1. The number of aliphatic carboxylic acids is 1. The summed E-state index contributed by atoms with van der Waals surface area (Å²) in [6.45, 7) is 2.94. The summed E-state index contributed by atoms with van der Waals surface area (Å²) in [5.41, 5.74) is 0.672. The van der Waals surface area contributed by atoms with Crippen LogP contribution in [0.3, 0.4) is 0 Å². The van der Waals surface area contributed by atoms with Crippen molar-refractivity contribution in [2.24, 2.45) is 0 Å². The first-order chi connectivity index (χ1) is 15.9. The van der Waals surface area contributed by atoms with Crippen LogP contribution in [0.2, 0.25) is 0 Å². The summed E-state index contributed by atoms with van der Waals surface area (Å²) in [6.07, 6.45) is -4.97. The fourth-order valence-electron chi connectivity index (χ4n) is 2.91. The first-order valence-corrected chi connectivity index (χ1v) is 12.3. The highest BCUT2D eigenvalue weighted by Crippen LogP contribution is 2.23. The number of piperazine rings is 1. The van der Waals surface area contributed by atoms with Gasteiger partial charge in [-0.25, -0.2) is 17.6 Å². The summed E-state index contributed by atoms with van der Waals surface area (Å²) in [4.78, 5) is 23.1. The highest BCUT2D eigenvalue weighted by Gasteiger charge is 2.38. The van der Waals surface area contributed by atoms with Gasteiger partial charge >= 0.3 is 12.1 Å². The van der Waals surface area contributed by atoms with Crippen LogP contribution in [-0.4, -0.2) is 73.5 Å². The molecule has 1 aromatic heterocycles. The van der Waals surface area contributed by atoms with Gasteiger partial charge in [-0.3, -0.25) is 4.79 Å². The van der Waals surface area contributed by atoms with Crippen LogP contribution in [0.5, 0.6) is 0 Å². The van der Waals surface area contributed by atoms with Crippen molar-refractivity contribution in [3.63, 3.8) is 0 Å². The molecule has 1 amide bonds. The van der Waals surface area contributed by atoms with Gasteiger partial charge in [-0.05, 0) is 29.1 Å². The van der Waals surface area contributed by atoms with Crippen molar-refractivity contribution < 1.29 is 40.7 Å². The van der Waals surface area contributed by atoms with Crippen molar-refractivity contribution >= 4 is 33.2 Å². The predicted molar refractivity (Wildman–Crippen MR) is 116 cm³/mol. The molecule has 1 aliphatic rings. The van der Waals surface area contributed by atoms with E-state index in [-0.39, 0.29) is 35.4 Å². The van der Waals surface area contributed by atoms with Crippen LogP contribution in [0, 0.1) is 5.82 Å². The molecule has 1 saturated heterocycles. The smallest absolute Gasteiger partial charge is 0.475 e. The van der Waals surface area contributed by atoms with Gasteiger partial charge in [-0.15, -0.1) is 11.3 Å². The van der Waals surface area contributed by atoms with E-state index < -0.39 is 22.2 Å². The Kier molecular flexibility index (Phi) is 9.97. The summed E-state index contributed by atoms with van der Waals surface area (Å²) in [7, 11) is -3.72. The summed E-state index contributed by atoms with van der Waals surface area (Å²) in [5.74, 6) is -3.19. The minimum absolute atomic E-state index is 0.0537. The number of carboxylic acids is 1. The Morgan fingerprint density at radius 1 is 1.12 bits per heavy atom. The van der Waals surface area contributed by atoms with Crippen LogP contribution in [0.4, 0.5) is 17.6 Å². The molecule has 2 aromatic rings. The number of nitrogens with zero attached hydrogens (tertiary/aromatic N) is 2. The summed E-state index contributed by atoms with van der Waals surface area (Å²) < 4.78 is 72.4. The average Bonchev–Trinajstić information content (AvgIpc) is 3.34. The van der Waals surface area contributed by atoms with Crippen LogP contribution < -0.4 is 5.32 Å². The van der Waals surface area contributed by atoms with E-state index in [9.17, 15) is 30.8 Å². The fourth-order valence-corrected chi connectivity index (χ4v) is 5.48. The second-order valence-corrected chi connectivity index (χ2v) is 10.2. The molecule has 34 heavy (non-hydrogen) atoms. The minimum atomic E-state index is -5.08. The number of nitrogens with one attached hydrogen (secondary N) is 1. The van der Waals surface area contributed by atoms with Crippen LogP contribution in [0.1, 0.15) is 12.0 Å². The molecule has 0 aliphatic carbocycles. The van der Waals surface area contributed by atoms with E-state index in [1.165, 1.54) is 16.4 Å². The van der Waals surface area contributed by atoms with Gasteiger partial charge in [0.1, 0.15) is 10.0 Å². The average molecular weight is 526 g/mol. The lowest BCUT2D eigenvalue weighted by Gasteiger charge is -2.28. The van der Waals surface area contributed by atoms with Gasteiger partial charge in [0.25, 0.3) is 10.0 Å². The molecule has 0 unspecified atom stereocenters. The number of amides is 1. The maximum atomic E-state index is 13.2. The van der Waals surface area contributed by atoms with Crippen molar-refractivity contribution in [2.75, 3.05) is 32.7 Å². The fraction of sp³-hybridized carbons (Fsp3) is 0.400. The van der Waals surface area contributed by atoms with Crippen molar-refractivity contribution in [1.82, 2.24) is 14.5 Å². The highest BCUT2D eigenvalue weighted by molar-refractivity contribution is 7.91. The predicted octanol–water partition coefficient (Wildman–Crippen LogP) is 2.53. The molecule has 1 fully saturated rings. The lowest BCUT2D eigenvalue weighted by atomic mass is 10.2. The molecular formula is C20H23F4N3O5S2. The summed E-state index contributed by atoms with van der Waals surface area (Å²) in [6, 6.07) is 8.96. The Morgan fingerprint density at radius 3 is 2.21 bits per heavy atom. The van der Waals surface area contributed by atoms with Gasteiger partial charge in [-0.1, -0.05) is 18.2 Å². The third-order valence-electron chi connectivity index (χ3n) is 4.65. The molecular weight excluding hydrogens is 502 g/mol. The zero-order valence-corrected chi connectivity index (χ0v) is 19.4. The number of carbonyl (C=O) groups excluding carboxylic acids is 1. The van der Waals surface area contributed by atoms with Crippen LogP contribution in [0.25, 0.3) is 0 Å². The summed E-state index contributed by atoms with van der Waals surface area (Å²) >= 11 is 1.14. The maximum Gasteiger partial charge on any atom is 0.490 e. The van der Waals surface area contributed by atoms with Crippen LogP contribution >= 0.6 is 11.3 Å². The normalized spacial score (nSPS) is 14.4. The van der Waals surface area contributed by atoms with Gasteiger partial charge in [0.2, 0.25) is 5.91 Å². The number of alkyl halides is 3. The van der Waals surface area contributed by atoms with Crippen LogP contribution in [0.15, 0.2) is 46.0 Å². The quantitative estimate of drug-likeness (QED) is 0.538. The molecule has 1 aromatic carbocycles. The van der Waals surface area contributed by atoms with E-state index in [4.69, 9.17) is 9.90 Å². The largest absolute Gasteiger partial charge is 0.490 e. The number of halogens is 4. The standard InChI is InChI=1S/C18H22FN3O3S2.C2HF3O2/c19-16-5-3-15(4-6-16)14-22(27(24,25)18-2-1-13-26-18)10-7-17(23)21-11-8-20-9-12-21;3-2(4,5)1(6)7/h1-6,13,20H,7-12,14H2;(H,6,7). The Morgan fingerprint density at radius 2 is 1.71 bits per heavy atom. The Balaban J connectivity index is 0.000000509. The zero-order valence-electron chi connectivity index (χ0n) is 17.8. The van der Waals surface area contributed by atoms with Gasteiger partial charge < -0.3 is 15.3 Å². The number of rotatable bonds is 7. The molecule has 3 rings (SSSR count). The number of hydrogen-bond donors (Lipinski definition) is 2. The molecule has 14 heteroatoms. The maximum absolute atomic E-state index is 13.2. The molecule has 0 radical (unpaired) electrons. The van der Waals surface area contributed by atoms with Crippen LogP contribution in [-0.2, 0) is 26.2 Å². The van der Waals surface area contributed by atoms with Crippen molar-refractivity contribution in [1.29, 1.82) is 0 Å². The molecule has 188 valence electrons. The van der Waals surface area contributed by atoms with E-state index >= 15 is 0 Å².